The third kappa shape index (κ3) is 4.99. The van der Waals surface area contributed by atoms with Gasteiger partial charge in [0.15, 0.2) is 5.11 Å². The van der Waals surface area contributed by atoms with Crippen LogP contribution in [0.25, 0.3) is 0 Å². The molecule has 0 spiro atoms. The molecule has 1 fully saturated rings. The van der Waals surface area contributed by atoms with Crippen LogP contribution in [0.4, 0.5) is 11.8 Å². The molecule has 0 unspecified atom stereocenters. The van der Waals surface area contributed by atoms with Crippen molar-refractivity contribution in [2.45, 2.75) is 44.7 Å². The van der Waals surface area contributed by atoms with Crippen LogP contribution in [-0.4, -0.2) is 27.7 Å². The van der Waals surface area contributed by atoms with Crippen molar-refractivity contribution in [1.82, 2.24) is 15.3 Å². The summed E-state index contributed by atoms with van der Waals surface area (Å²) in [6.45, 7) is 1.70. The van der Waals surface area contributed by atoms with Crippen molar-refractivity contribution in [2.24, 2.45) is 0 Å². The number of hydrogen-bond donors (Lipinski definition) is 2. The second-order valence-corrected chi connectivity index (χ2v) is 8.73. The first kappa shape index (κ1) is 20.7. The minimum absolute atomic E-state index is 0.428. The van der Waals surface area contributed by atoms with Crippen molar-refractivity contribution in [3.63, 3.8) is 0 Å². The highest BCUT2D eigenvalue weighted by Gasteiger charge is 2.20. The molecule has 1 aromatic heterocycles. The van der Waals surface area contributed by atoms with E-state index in [0.717, 1.165) is 43.9 Å². The highest BCUT2D eigenvalue weighted by Crippen LogP contribution is 2.28. The average molecular weight is 446 g/mol. The van der Waals surface area contributed by atoms with Crippen LogP contribution in [-0.2, 0) is 13.0 Å². The SMILES string of the molecule is S=C(Nc1nc(Oc2ccccc2)cc(N2CCc3ccccc3C2)n1)NC1CCCC1. The van der Waals surface area contributed by atoms with Crippen molar-refractivity contribution < 1.29 is 4.74 Å². The molecule has 0 bridgehead atoms. The van der Waals surface area contributed by atoms with Crippen LogP contribution in [0.2, 0.25) is 0 Å². The maximum absolute atomic E-state index is 6.05. The molecular formula is C25H27N5OS. The second kappa shape index (κ2) is 9.53. The summed E-state index contributed by atoms with van der Waals surface area (Å²) < 4.78 is 6.05. The van der Waals surface area contributed by atoms with E-state index in [2.05, 4.69) is 44.8 Å². The van der Waals surface area contributed by atoms with E-state index in [9.17, 15) is 0 Å². The Morgan fingerprint density at radius 3 is 2.53 bits per heavy atom. The van der Waals surface area contributed by atoms with Gasteiger partial charge in [0.2, 0.25) is 11.8 Å². The zero-order chi connectivity index (χ0) is 21.8. The van der Waals surface area contributed by atoms with Crippen LogP contribution in [0.5, 0.6) is 11.6 Å². The van der Waals surface area contributed by atoms with Gasteiger partial charge in [-0.05, 0) is 54.7 Å². The number of fused-ring (bicyclic) bond motifs is 1. The van der Waals surface area contributed by atoms with Crippen molar-refractivity contribution in [2.75, 3.05) is 16.8 Å². The summed E-state index contributed by atoms with van der Waals surface area (Å²) in [6.07, 6.45) is 5.78. The smallest absolute Gasteiger partial charge is 0.234 e. The summed E-state index contributed by atoms with van der Waals surface area (Å²) in [4.78, 5) is 11.6. The molecule has 2 heterocycles. The first-order valence-corrected chi connectivity index (χ1v) is 11.6. The molecule has 32 heavy (non-hydrogen) atoms. The van der Waals surface area contributed by atoms with E-state index in [-0.39, 0.29) is 0 Å². The van der Waals surface area contributed by atoms with Gasteiger partial charge in [-0.15, -0.1) is 0 Å². The predicted octanol–water partition coefficient (Wildman–Crippen LogP) is 5.06. The molecule has 2 aromatic carbocycles. The third-order valence-corrected chi connectivity index (χ3v) is 6.25. The Bertz CT molecular complexity index is 1080. The third-order valence-electron chi connectivity index (χ3n) is 6.03. The van der Waals surface area contributed by atoms with Crippen molar-refractivity contribution >= 4 is 29.1 Å². The van der Waals surface area contributed by atoms with Gasteiger partial charge in [-0.25, -0.2) is 0 Å². The fourth-order valence-corrected chi connectivity index (χ4v) is 4.63. The van der Waals surface area contributed by atoms with Crippen LogP contribution in [0.1, 0.15) is 36.8 Å². The summed E-state index contributed by atoms with van der Waals surface area (Å²) in [5.74, 6) is 2.50. The number of rotatable bonds is 5. The van der Waals surface area contributed by atoms with Gasteiger partial charge in [0.25, 0.3) is 0 Å². The van der Waals surface area contributed by atoms with E-state index in [1.807, 2.05) is 36.4 Å². The van der Waals surface area contributed by atoms with Gasteiger partial charge < -0.3 is 20.3 Å². The lowest BCUT2D eigenvalue weighted by Crippen LogP contribution is -2.36. The Hall–Kier alpha value is -3.19. The number of para-hydroxylation sites is 1. The van der Waals surface area contributed by atoms with E-state index in [4.69, 9.17) is 21.9 Å². The minimum Gasteiger partial charge on any atom is -0.439 e. The van der Waals surface area contributed by atoms with Gasteiger partial charge in [-0.3, -0.25) is 0 Å². The molecule has 3 aromatic rings. The van der Waals surface area contributed by atoms with Gasteiger partial charge in [-0.1, -0.05) is 55.3 Å². The number of ether oxygens (including phenoxy) is 1. The lowest BCUT2D eigenvalue weighted by molar-refractivity contribution is 0.462. The van der Waals surface area contributed by atoms with Crippen LogP contribution in [0, 0.1) is 0 Å². The van der Waals surface area contributed by atoms with Crippen LogP contribution < -0.4 is 20.3 Å². The molecule has 0 saturated heterocycles. The Labute approximate surface area is 194 Å². The quantitative estimate of drug-likeness (QED) is 0.532. The standard InChI is InChI=1S/C25H27N5OS/c32-25(26-20-10-6-7-11-20)29-24-27-22(16-23(28-24)31-21-12-2-1-3-13-21)30-15-14-18-8-4-5-9-19(18)17-30/h1-5,8-9,12-13,16,20H,6-7,10-11,14-15,17H2,(H2,26,27,28,29,32). The number of nitrogens with zero attached hydrogens (tertiary/aromatic N) is 3. The molecule has 0 radical (unpaired) electrons. The van der Waals surface area contributed by atoms with Crippen molar-refractivity contribution in [3.05, 3.63) is 71.8 Å². The molecule has 2 aliphatic rings. The van der Waals surface area contributed by atoms with Crippen molar-refractivity contribution in [3.8, 4) is 11.6 Å². The second-order valence-electron chi connectivity index (χ2n) is 8.32. The topological polar surface area (TPSA) is 62.3 Å². The summed E-state index contributed by atoms with van der Waals surface area (Å²) in [5.41, 5.74) is 2.73. The molecule has 6 nitrogen and oxygen atoms in total. The van der Waals surface area contributed by atoms with Crippen LogP contribution in [0.3, 0.4) is 0 Å². The van der Waals surface area contributed by atoms with Gasteiger partial charge in [-0.2, -0.15) is 9.97 Å². The zero-order valence-electron chi connectivity index (χ0n) is 18.0. The molecule has 7 heteroatoms. The molecule has 1 aliphatic carbocycles. The van der Waals surface area contributed by atoms with Crippen molar-refractivity contribution in [1.29, 1.82) is 0 Å². The minimum atomic E-state index is 0.428. The number of nitrogens with one attached hydrogen (secondary N) is 2. The maximum Gasteiger partial charge on any atom is 0.234 e. The highest BCUT2D eigenvalue weighted by molar-refractivity contribution is 7.80. The number of benzene rings is 2. The number of aromatic nitrogens is 2. The molecule has 164 valence electrons. The van der Waals surface area contributed by atoms with E-state index in [0.29, 0.717) is 23.0 Å². The largest absolute Gasteiger partial charge is 0.439 e. The number of anilines is 2. The predicted molar refractivity (Wildman–Crippen MR) is 131 cm³/mol. The molecule has 1 aliphatic heterocycles. The Kier molecular flexibility index (Phi) is 6.16. The molecule has 0 atom stereocenters. The Balaban J connectivity index is 1.39. The van der Waals surface area contributed by atoms with Gasteiger partial charge >= 0.3 is 0 Å². The molecule has 2 N–H and O–H groups in total. The Morgan fingerprint density at radius 1 is 0.969 bits per heavy atom. The summed E-state index contributed by atoms with van der Waals surface area (Å²) in [7, 11) is 0. The van der Waals surface area contributed by atoms with Gasteiger partial charge in [0.1, 0.15) is 11.6 Å². The molecule has 1 saturated carbocycles. The average Bonchev–Trinajstić information content (AvgIpc) is 3.32. The lowest BCUT2D eigenvalue weighted by atomic mass is 10.00. The molecular weight excluding hydrogens is 418 g/mol. The molecule has 5 rings (SSSR count). The number of thiocarbonyl (C=S) groups is 1. The van der Waals surface area contributed by atoms with E-state index >= 15 is 0 Å². The zero-order valence-corrected chi connectivity index (χ0v) is 18.8. The normalized spacial score (nSPS) is 15.8. The monoisotopic (exact) mass is 445 g/mol. The van der Waals surface area contributed by atoms with Crippen LogP contribution >= 0.6 is 12.2 Å². The Morgan fingerprint density at radius 2 is 1.72 bits per heavy atom. The fourth-order valence-electron chi connectivity index (χ4n) is 4.38. The highest BCUT2D eigenvalue weighted by atomic mass is 32.1. The maximum atomic E-state index is 6.05. The van der Waals surface area contributed by atoms with E-state index < -0.39 is 0 Å². The van der Waals surface area contributed by atoms with Gasteiger partial charge in [0.05, 0.1) is 0 Å². The first-order chi connectivity index (χ1) is 15.7. The van der Waals surface area contributed by atoms with E-state index in [1.165, 1.54) is 24.0 Å². The van der Waals surface area contributed by atoms with E-state index in [1.54, 1.807) is 0 Å². The van der Waals surface area contributed by atoms with Crippen LogP contribution in [0.15, 0.2) is 60.7 Å². The fraction of sp³-hybridized carbons (Fsp3) is 0.320. The number of hydrogen-bond acceptors (Lipinski definition) is 5. The lowest BCUT2D eigenvalue weighted by Gasteiger charge is -2.30. The summed E-state index contributed by atoms with van der Waals surface area (Å²) >= 11 is 5.54. The van der Waals surface area contributed by atoms with Gasteiger partial charge in [0, 0.05) is 25.2 Å². The molecule has 0 amide bonds. The summed E-state index contributed by atoms with van der Waals surface area (Å²) in [6, 6.07) is 20.6. The summed E-state index contributed by atoms with van der Waals surface area (Å²) in [5, 5.41) is 7.14. The first-order valence-electron chi connectivity index (χ1n) is 11.2.